The zero-order chi connectivity index (χ0) is 13.1. The Balaban J connectivity index is 2.20. The van der Waals surface area contributed by atoms with Gasteiger partial charge in [-0.2, -0.15) is 0 Å². The molecule has 0 spiro atoms. The zero-order valence-electron chi connectivity index (χ0n) is 9.68. The van der Waals surface area contributed by atoms with Crippen LogP contribution < -0.4 is 11.1 Å². The smallest absolute Gasteiger partial charge is 0.251 e. The van der Waals surface area contributed by atoms with Gasteiger partial charge in [0.05, 0.1) is 22.8 Å². The van der Waals surface area contributed by atoms with Crippen molar-refractivity contribution in [1.82, 2.24) is 4.98 Å². The second-order valence-electron chi connectivity index (χ2n) is 3.84. The molecular formula is C12H12FN3OS. The average molecular weight is 265 g/mol. The van der Waals surface area contributed by atoms with E-state index in [0.29, 0.717) is 5.69 Å². The van der Waals surface area contributed by atoms with Crippen molar-refractivity contribution in [1.29, 1.82) is 0 Å². The summed E-state index contributed by atoms with van der Waals surface area (Å²) >= 11 is 1.50. The van der Waals surface area contributed by atoms with Gasteiger partial charge in [0.25, 0.3) is 5.91 Å². The van der Waals surface area contributed by atoms with Crippen LogP contribution in [0.15, 0.2) is 29.1 Å². The maximum Gasteiger partial charge on any atom is 0.251 e. The fraction of sp³-hybridized carbons (Fsp3) is 0.167. The maximum absolute atomic E-state index is 13.3. The highest BCUT2D eigenvalue weighted by molar-refractivity contribution is 7.07. The summed E-state index contributed by atoms with van der Waals surface area (Å²) in [7, 11) is 0. The third kappa shape index (κ3) is 2.65. The molecule has 0 saturated heterocycles. The minimum atomic E-state index is -0.780. The summed E-state index contributed by atoms with van der Waals surface area (Å²) in [5.41, 5.74) is 8.24. The number of amides is 1. The fourth-order valence-electron chi connectivity index (χ4n) is 1.56. The number of nitrogens with one attached hydrogen (secondary N) is 1. The Kier molecular flexibility index (Phi) is 3.57. The lowest BCUT2D eigenvalue weighted by Crippen LogP contribution is -2.14. The molecule has 2 rings (SSSR count). The molecule has 1 amide bonds. The summed E-state index contributed by atoms with van der Waals surface area (Å²) in [6.45, 7) is 1.93. The molecule has 6 heteroatoms. The minimum Gasteiger partial charge on any atom is -0.377 e. The number of nitrogens with zero attached hydrogens (tertiary/aromatic N) is 1. The number of primary amides is 1. The number of aromatic nitrogens is 1. The van der Waals surface area contributed by atoms with E-state index >= 15 is 0 Å². The van der Waals surface area contributed by atoms with Crippen molar-refractivity contribution < 1.29 is 9.18 Å². The van der Waals surface area contributed by atoms with Crippen LogP contribution >= 0.6 is 11.3 Å². The van der Waals surface area contributed by atoms with Crippen LogP contribution in [0.1, 0.15) is 29.0 Å². The summed E-state index contributed by atoms with van der Waals surface area (Å²) in [5.74, 6) is -1.40. The van der Waals surface area contributed by atoms with Crippen molar-refractivity contribution in [2.45, 2.75) is 13.0 Å². The van der Waals surface area contributed by atoms with Crippen LogP contribution in [0.4, 0.5) is 10.1 Å². The van der Waals surface area contributed by atoms with E-state index in [1.807, 2.05) is 12.3 Å². The summed E-state index contributed by atoms with van der Waals surface area (Å²) in [6.07, 6.45) is 0. The van der Waals surface area contributed by atoms with Crippen molar-refractivity contribution >= 4 is 22.9 Å². The summed E-state index contributed by atoms with van der Waals surface area (Å²) in [6, 6.07) is 4.16. The number of rotatable bonds is 4. The second-order valence-corrected chi connectivity index (χ2v) is 4.56. The van der Waals surface area contributed by atoms with Gasteiger partial charge in [-0.25, -0.2) is 9.37 Å². The monoisotopic (exact) mass is 265 g/mol. The normalized spacial score (nSPS) is 12.1. The van der Waals surface area contributed by atoms with Gasteiger partial charge in [-0.1, -0.05) is 0 Å². The number of halogens is 1. The van der Waals surface area contributed by atoms with Crippen molar-refractivity contribution in [3.8, 4) is 0 Å². The van der Waals surface area contributed by atoms with Gasteiger partial charge in [-0.15, -0.1) is 11.3 Å². The molecule has 0 saturated carbocycles. The molecule has 0 radical (unpaired) electrons. The number of anilines is 1. The number of hydrogen-bond acceptors (Lipinski definition) is 4. The summed E-state index contributed by atoms with van der Waals surface area (Å²) in [4.78, 5) is 15.2. The third-order valence-corrected chi connectivity index (χ3v) is 3.11. The van der Waals surface area contributed by atoms with E-state index in [2.05, 4.69) is 10.3 Å². The molecule has 0 aliphatic rings. The topological polar surface area (TPSA) is 68.0 Å². The number of hydrogen-bond donors (Lipinski definition) is 2. The molecule has 94 valence electrons. The van der Waals surface area contributed by atoms with Gasteiger partial charge >= 0.3 is 0 Å². The van der Waals surface area contributed by atoms with Gasteiger partial charge in [0, 0.05) is 11.1 Å². The molecule has 3 N–H and O–H groups in total. The second kappa shape index (κ2) is 5.14. The van der Waals surface area contributed by atoms with Crippen molar-refractivity contribution in [2.24, 2.45) is 5.73 Å². The average Bonchev–Trinajstić information content (AvgIpc) is 2.85. The van der Waals surface area contributed by atoms with Gasteiger partial charge in [-0.3, -0.25) is 4.79 Å². The van der Waals surface area contributed by atoms with Crippen LogP contribution in [-0.4, -0.2) is 10.9 Å². The zero-order valence-corrected chi connectivity index (χ0v) is 10.5. The van der Waals surface area contributed by atoms with Gasteiger partial charge < -0.3 is 11.1 Å². The molecule has 4 nitrogen and oxygen atoms in total. The van der Waals surface area contributed by atoms with Gasteiger partial charge in [0.2, 0.25) is 0 Å². The summed E-state index contributed by atoms with van der Waals surface area (Å²) < 4.78 is 13.3. The first kappa shape index (κ1) is 12.5. The molecule has 1 heterocycles. The van der Waals surface area contributed by atoms with Crippen LogP contribution in [-0.2, 0) is 0 Å². The number of thiazole rings is 1. The van der Waals surface area contributed by atoms with Gasteiger partial charge in [0.1, 0.15) is 5.82 Å². The van der Waals surface area contributed by atoms with E-state index in [4.69, 9.17) is 5.73 Å². The lowest BCUT2D eigenvalue weighted by molar-refractivity contribution is 0.0996. The molecule has 0 aliphatic carbocycles. The van der Waals surface area contributed by atoms with Crippen molar-refractivity contribution in [3.05, 3.63) is 46.2 Å². The van der Waals surface area contributed by atoms with Crippen LogP contribution in [0.2, 0.25) is 0 Å². The Morgan fingerprint density at radius 2 is 2.33 bits per heavy atom. The number of carbonyl (C=O) groups is 1. The molecule has 18 heavy (non-hydrogen) atoms. The van der Waals surface area contributed by atoms with Crippen LogP contribution in [0.25, 0.3) is 0 Å². The fourth-order valence-corrected chi connectivity index (χ4v) is 2.21. The van der Waals surface area contributed by atoms with Crippen LogP contribution in [0.3, 0.4) is 0 Å². The van der Waals surface area contributed by atoms with E-state index in [9.17, 15) is 9.18 Å². The van der Waals surface area contributed by atoms with E-state index in [-0.39, 0.29) is 11.6 Å². The number of carbonyl (C=O) groups excluding carboxylic acids is 1. The van der Waals surface area contributed by atoms with E-state index < -0.39 is 11.7 Å². The quantitative estimate of drug-likeness (QED) is 0.892. The Hall–Kier alpha value is -1.95. The highest BCUT2D eigenvalue weighted by Crippen LogP contribution is 2.21. The molecule has 2 aromatic rings. The predicted octanol–water partition coefficient (Wildman–Crippen LogP) is 2.55. The third-order valence-electron chi connectivity index (χ3n) is 2.51. The Bertz CT molecular complexity index is 556. The first-order valence-electron chi connectivity index (χ1n) is 5.32. The van der Waals surface area contributed by atoms with Gasteiger partial charge in [0.15, 0.2) is 0 Å². The molecule has 1 unspecified atom stereocenters. The highest BCUT2D eigenvalue weighted by Gasteiger charge is 2.11. The molecule has 0 aliphatic heterocycles. The molecular weight excluding hydrogens is 253 g/mol. The SMILES string of the molecule is CC(Nc1ccc(F)c(C(N)=O)c1)c1cscn1. The van der Waals surface area contributed by atoms with Crippen LogP contribution in [0, 0.1) is 5.82 Å². The first-order chi connectivity index (χ1) is 8.58. The van der Waals surface area contributed by atoms with E-state index in [1.54, 1.807) is 11.6 Å². The Labute approximate surface area is 108 Å². The Morgan fingerprint density at radius 1 is 1.56 bits per heavy atom. The van der Waals surface area contributed by atoms with Gasteiger partial charge in [-0.05, 0) is 25.1 Å². The van der Waals surface area contributed by atoms with Crippen molar-refractivity contribution in [2.75, 3.05) is 5.32 Å². The lowest BCUT2D eigenvalue weighted by Gasteiger charge is -2.13. The lowest BCUT2D eigenvalue weighted by atomic mass is 10.1. The first-order valence-corrected chi connectivity index (χ1v) is 6.26. The highest BCUT2D eigenvalue weighted by atomic mass is 32.1. The molecule has 1 aromatic heterocycles. The Morgan fingerprint density at radius 3 is 2.94 bits per heavy atom. The molecule has 1 atom stereocenters. The van der Waals surface area contributed by atoms with Crippen LogP contribution in [0.5, 0.6) is 0 Å². The van der Waals surface area contributed by atoms with Crippen molar-refractivity contribution in [3.63, 3.8) is 0 Å². The standard InChI is InChI=1S/C12H12FN3OS/c1-7(11-5-18-6-15-11)16-8-2-3-10(13)9(4-8)12(14)17/h2-7,16H,1H3,(H2,14,17). The molecule has 0 bridgehead atoms. The maximum atomic E-state index is 13.3. The number of benzene rings is 1. The van der Waals surface area contributed by atoms with E-state index in [1.165, 1.54) is 23.5 Å². The number of nitrogens with two attached hydrogens (primary N) is 1. The minimum absolute atomic E-state index is 0.0255. The summed E-state index contributed by atoms with van der Waals surface area (Å²) in [5, 5.41) is 5.06. The largest absolute Gasteiger partial charge is 0.377 e. The molecule has 1 aromatic carbocycles. The van der Waals surface area contributed by atoms with E-state index in [0.717, 1.165) is 5.69 Å². The molecule has 0 fully saturated rings. The predicted molar refractivity (Wildman–Crippen MR) is 69.1 cm³/mol.